The maximum absolute atomic E-state index is 4.74. The number of rotatable bonds is 0. The molecule has 2 aliphatic rings. The largest absolute Gasteiger partial charge is 0.354 e. The van der Waals surface area contributed by atoms with Gasteiger partial charge in [0.1, 0.15) is 5.84 Å². The summed E-state index contributed by atoms with van der Waals surface area (Å²) in [6.07, 6.45) is 6.78. The molecule has 1 fully saturated rings. The topological polar surface area (TPSA) is 18.8 Å². The van der Waals surface area contributed by atoms with Gasteiger partial charge in [-0.15, -0.1) is 0 Å². The Morgan fingerprint density at radius 1 is 1.12 bits per heavy atom. The van der Waals surface area contributed by atoms with Gasteiger partial charge in [0.25, 0.3) is 0 Å². The fraction of sp³-hybridized carbons (Fsp3) is 0.643. The Hall–Kier alpha value is -1.09. The fourth-order valence-corrected chi connectivity index (χ4v) is 2.26. The van der Waals surface area contributed by atoms with Crippen LogP contribution in [-0.2, 0) is 0 Å². The van der Waals surface area contributed by atoms with Crippen LogP contribution in [-0.4, -0.2) is 48.9 Å². The molecule has 0 aromatic heterocycles. The molecule has 0 aromatic rings. The number of amidine groups is 1. The molecule has 0 unspecified atom stereocenters. The molecule has 0 spiro atoms. The van der Waals surface area contributed by atoms with E-state index in [9.17, 15) is 0 Å². The first-order chi connectivity index (χ1) is 8.15. The minimum Gasteiger partial charge on any atom is -0.354 e. The summed E-state index contributed by atoms with van der Waals surface area (Å²) in [5.74, 6) is 1.16. The summed E-state index contributed by atoms with van der Waals surface area (Å²) in [6, 6.07) is 0. The first-order valence-corrected chi connectivity index (χ1v) is 6.51. The highest BCUT2D eigenvalue weighted by Crippen LogP contribution is 2.14. The van der Waals surface area contributed by atoms with Crippen molar-refractivity contribution in [2.45, 2.75) is 26.7 Å². The smallest absolute Gasteiger partial charge is 0.128 e. The molecule has 0 amide bonds. The van der Waals surface area contributed by atoms with Crippen molar-refractivity contribution in [3.63, 3.8) is 0 Å². The third kappa shape index (κ3) is 3.43. The number of hydrogen-bond donors (Lipinski definition) is 0. The average molecular weight is 233 g/mol. The zero-order valence-electron chi connectivity index (χ0n) is 11.2. The third-order valence-corrected chi connectivity index (χ3v) is 3.47. The second-order valence-corrected chi connectivity index (χ2v) is 5.14. The second kappa shape index (κ2) is 5.50. The monoisotopic (exact) mass is 233 g/mol. The molecule has 0 aliphatic carbocycles. The number of hydrogen-bond acceptors (Lipinski definition) is 3. The third-order valence-electron chi connectivity index (χ3n) is 3.47. The van der Waals surface area contributed by atoms with Crippen LogP contribution in [0.4, 0.5) is 0 Å². The second-order valence-electron chi connectivity index (χ2n) is 5.14. The summed E-state index contributed by atoms with van der Waals surface area (Å²) in [5, 5.41) is 0. The molecule has 2 rings (SSSR count). The van der Waals surface area contributed by atoms with Crippen molar-refractivity contribution in [3.8, 4) is 0 Å². The van der Waals surface area contributed by atoms with E-state index < -0.39 is 0 Å². The first-order valence-electron chi connectivity index (χ1n) is 6.51. The number of nitrogens with zero attached hydrogens (tertiary/aromatic N) is 3. The molecule has 3 nitrogen and oxygen atoms in total. The Labute approximate surface area is 105 Å². The Kier molecular flexibility index (Phi) is 4.00. The van der Waals surface area contributed by atoms with Crippen molar-refractivity contribution >= 4 is 5.84 Å². The summed E-state index contributed by atoms with van der Waals surface area (Å²) in [5.41, 5.74) is 2.59. The molecule has 0 radical (unpaired) electrons. The van der Waals surface area contributed by atoms with Crippen LogP contribution in [0.15, 0.2) is 28.4 Å². The van der Waals surface area contributed by atoms with Gasteiger partial charge in [-0.1, -0.05) is 11.6 Å². The van der Waals surface area contributed by atoms with Crippen LogP contribution in [0.1, 0.15) is 26.7 Å². The predicted molar refractivity (Wildman–Crippen MR) is 73.3 cm³/mol. The number of likely N-dealkylation sites (N-methyl/N-ethyl adjacent to an activating group) is 1. The van der Waals surface area contributed by atoms with Crippen LogP contribution in [0.25, 0.3) is 0 Å². The molecule has 1 saturated heterocycles. The van der Waals surface area contributed by atoms with E-state index in [1.165, 1.54) is 5.57 Å². The van der Waals surface area contributed by atoms with E-state index in [4.69, 9.17) is 4.99 Å². The summed E-state index contributed by atoms with van der Waals surface area (Å²) in [4.78, 5) is 9.53. The standard InChI is InChI=1S/C14H23N3/c1-12-5-4-6-13(2)15-14(11-12)17-9-7-16(3)8-10-17/h6,11H,4-5,7-10H2,1-3H3. The Morgan fingerprint density at radius 2 is 1.82 bits per heavy atom. The molecule has 0 N–H and O–H groups in total. The van der Waals surface area contributed by atoms with Gasteiger partial charge < -0.3 is 9.80 Å². The van der Waals surface area contributed by atoms with Gasteiger partial charge in [-0.2, -0.15) is 0 Å². The summed E-state index contributed by atoms with van der Waals surface area (Å²) >= 11 is 0. The number of aliphatic imine (C=N–C) groups is 1. The van der Waals surface area contributed by atoms with Crippen molar-refractivity contribution in [1.29, 1.82) is 0 Å². The molecule has 2 heterocycles. The van der Waals surface area contributed by atoms with Crippen LogP contribution in [0, 0.1) is 0 Å². The summed E-state index contributed by atoms with van der Waals surface area (Å²) in [7, 11) is 2.18. The van der Waals surface area contributed by atoms with Crippen molar-refractivity contribution < 1.29 is 0 Å². The Balaban J connectivity index is 2.15. The molecule has 0 bridgehead atoms. The van der Waals surface area contributed by atoms with E-state index >= 15 is 0 Å². The minimum atomic E-state index is 1.09. The van der Waals surface area contributed by atoms with E-state index in [1.807, 2.05) is 0 Å². The van der Waals surface area contributed by atoms with Crippen LogP contribution in [0.3, 0.4) is 0 Å². The van der Waals surface area contributed by atoms with Gasteiger partial charge >= 0.3 is 0 Å². The quantitative estimate of drug-likeness (QED) is 0.639. The Morgan fingerprint density at radius 3 is 2.53 bits per heavy atom. The number of allylic oxidation sites excluding steroid dienone is 3. The summed E-state index contributed by atoms with van der Waals surface area (Å²) in [6.45, 7) is 8.76. The maximum atomic E-state index is 4.74. The van der Waals surface area contributed by atoms with Crippen LogP contribution in [0.2, 0.25) is 0 Å². The molecule has 2 aliphatic heterocycles. The normalized spacial score (nSPS) is 23.5. The van der Waals surface area contributed by atoms with E-state index in [0.717, 1.165) is 50.6 Å². The highest BCUT2D eigenvalue weighted by atomic mass is 15.3. The van der Waals surface area contributed by atoms with Gasteiger partial charge in [0.15, 0.2) is 0 Å². The molecule has 0 saturated carbocycles. The van der Waals surface area contributed by atoms with E-state index in [-0.39, 0.29) is 0 Å². The van der Waals surface area contributed by atoms with Gasteiger partial charge in [-0.3, -0.25) is 0 Å². The van der Waals surface area contributed by atoms with E-state index in [0.29, 0.717) is 0 Å². The lowest BCUT2D eigenvalue weighted by molar-refractivity contribution is 0.216. The zero-order valence-corrected chi connectivity index (χ0v) is 11.2. The van der Waals surface area contributed by atoms with E-state index in [1.54, 1.807) is 0 Å². The molecule has 17 heavy (non-hydrogen) atoms. The molecule has 94 valence electrons. The van der Waals surface area contributed by atoms with Gasteiger partial charge in [0.2, 0.25) is 0 Å². The molecule has 0 aromatic carbocycles. The van der Waals surface area contributed by atoms with Gasteiger partial charge in [-0.25, -0.2) is 4.99 Å². The summed E-state index contributed by atoms with van der Waals surface area (Å²) < 4.78 is 0. The zero-order chi connectivity index (χ0) is 12.3. The lowest BCUT2D eigenvalue weighted by Crippen LogP contribution is -2.46. The highest BCUT2D eigenvalue weighted by molar-refractivity contribution is 5.94. The SMILES string of the molecule is CC1=CC(N2CCN(C)CC2)=NC(C)=CCC1. The van der Waals surface area contributed by atoms with Gasteiger partial charge in [0, 0.05) is 31.9 Å². The average Bonchev–Trinajstić information content (AvgIpc) is 2.27. The van der Waals surface area contributed by atoms with E-state index in [2.05, 4.69) is 42.8 Å². The highest BCUT2D eigenvalue weighted by Gasteiger charge is 2.16. The number of piperazine rings is 1. The van der Waals surface area contributed by atoms with Crippen LogP contribution in [0.5, 0.6) is 0 Å². The van der Waals surface area contributed by atoms with Crippen molar-refractivity contribution in [3.05, 3.63) is 23.4 Å². The minimum absolute atomic E-state index is 1.09. The predicted octanol–water partition coefficient (Wildman–Crippen LogP) is 2.28. The van der Waals surface area contributed by atoms with Crippen molar-refractivity contribution in [2.24, 2.45) is 4.99 Å². The molecular formula is C14H23N3. The first kappa shape index (κ1) is 12.4. The van der Waals surface area contributed by atoms with Gasteiger partial charge in [0.05, 0.1) is 0 Å². The molecule has 0 atom stereocenters. The van der Waals surface area contributed by atoms with Crippen LogP contribution < -0.4 is 0 Å². The van der Waals surface area contributed by atoms with Gasteiger partial charge in [-0.05, 0) is 39.8 Å². The maximum Gasteiger partial charge on any atom is 0.128 e. The molecule has 3 heteroatoms. The van der Waals surface area contributed by atoms with Crippen molar-refractivity contribution in [1.82, 2.24) is 9.80 Å². The lowest BCUT2D eigenvalue weighted by Gasteiger charge is -2.34. The Bertz CT molecular complexity index is 358. The molecular weight excluding hydrogens is 210 g/mol. The lowest BCUT2D eigenvalue weighted by atomic mass is 10.1. The van der Waals surface area contributed by atoms with Crippen molar-refractivity contribution in [2.75, 3.05) is 33.2 Å². The fourth-order valence-electron chi connectivity index (χ4n) is 2.26. The van der Waals surface area contributed by atoms with Crippen LogP contribution >= 0.6 is 0 Å².